The van der Waals surface area contributed by atoms with Crippen LogP contribution in [-0.2, 0) is 14.3 Å². The summed E-state index contributed by atoms with van der Waals surface area (Å²) in [6.07, 6.45) is 8.87. The van der Waals surface area contributed by atoms with Gasteiger partial charge in [-0.1, -0.05) is 19.3 Å². The molecule has 0 unspecified atom stereocenters. The van der Waals surface area contributed by atoms with Crippen molar-refractivity contribution in [2.24, 2.45) is 11.8 Å². The molecule has 0 radical (unpaired) electrons. The van der Waals surface area contributed by atoms with Crippen molar-refractivity contribution >= 4 is 29.1 Å². The van der Waals surface area contributed by atoms with Crippen LogP contribution >= 0.6 is 11.3 Å². The van der Waals surface area contributed by atoms with Gasteiger partial charge >= 0.3 is 5.97 Å². The molecule has 3 fully saturated rings. The number of hydrogen-bond acceptors (Lipinski definition) is 6. The highest BCUT2D eigenvalue weighted by Crippen LogP contribution is 2.33. The molecule has 1 aromatic heterocycles. The molecule has 4 rings (SSSR count). The van der Waals surface area contributed by atoms with Crippen molar-refractivity contribution in [1.82, 2.24) is 14.8 Å². The Kier molecular flexibility index (Phi) is 7.81. The van der Waals surface area contributed by atoms with Crippen molar-refractivity contribution in [3.8, 4) is 0 Å². The molecule has 2 saturated heterocycles. The van der Waals surface area contributed by atoms with Crippen molar-refractivity contribution in [3.63, 3.8) is 0 Å². The summed E-state index contributed by atoms with van der Waals surface area (Å²) in [7, 11) is 0. The minimum Gasteiger partial charge on any atom is -0.466 e. The number of carbonyl (C=O) groups excluding carboxylic acids is 3. The van der Waals surface area contributed by atoms with Gasteiger partial charge in [-0.2, -0.15) is 0 Å². The monoisotopic (exact) mass is 461 g/mol. The Hall–Kier alpha value is -1.96. The normalized spacial score (nSPS) is 21.5. The number of nitrogens with zero attached hydrogens (tertiary/aromatic N) is 3. The number of hydrogen-bond donors (Lipinski definition) is 0. The highest BCUT2D eigenvalue weighted by Gasteiger charge is 2.32. The zero-order valence-corrected chi connectivity index (χ0v) is 19.9. The van der Waals surface area contributed by atoms with Gasteiger partial charge in [0.2, 0.25) is 5.91 Å². The van der Waals surface area contributed by atoms with Gasteiger partial charge in [-0.25, -0.2) is 4.98 Å². The van der Waals surface area contributed by atoms with E-state index >= 15 is 0 Å². The summed E-state index contributed by atoms with van der Waals surface area (Å²) in [5, 5.41) is 2.88. The predicted octanol–water partition coefficient (Wildman–Crippen LogP) is 3.84. The Morgan fingerprint density at radius 3 is 2.25 bits per heavy atom. The maximum absolute atomic E-state index is 12.9. The fourth-order valence-corrected chi connectivity index (χ4v) is 6.23. The van der Waals surface area contributed by atoms with Crippen LogP contribution in [0.1, 0.15) is 86.1 Å². The minimum absolute atomic E-state index is 0.0419. The minimum atomic E-state index is -0.149. The van der Waals surface area contributed by atoms with Crippen molar-refractivity contribution < 1.29 is 19.1 Å². The second kappa shape index (κ2) is 10.8. The Labute approximate surface area is 194 Å². The van der Waals surface area contributed by atoms with Crippen LogP contribution in [0, 0.1) is 11.8 Å². The molecule has 0 N–H and O–H groups in total. The first-order valence-corrected chi connectivity index (χ1v) is 13.1. The van der Waals surface area contributed by atoms with Crippen LogP contribution in [0.3, 0.4) is 0 Å². The van der Waals surface area contributed by atoms with E-state index in [0.717, 1.165) is 43.8 Å². The van der Waals surface area contributed by atoms with E-state index in [1.807, 2.05) is 12.3 Å². The molecule has 3 aliphatic rings. The predicted molar refractivity (Wildman–Crippen MR) is 123 cm³/mol. The van der Waals surface area contributed by atoms with Crippen LogP contribution in [0.4, 0.5) is 0 Å². The first-order valence-electron chi connectivity index (χ1n) is 12.3. The van der Waals surface area contributed by atoms with E-state index in [9.17, 15) is 14.4 Å². The summed E-state index contributed by atoms with van der Waals surface area (Å²) in [5.41, 5.74) is 0.514. The first-order chi connectivity index (χ1) is 15.6. The topological polar surface area (TPSA) is 79.8 Å². The molecule has 1 saturated carbocycles. The smallest absolute Gasteiger partial charge is 0.309 e. The second-order valence-corrected chi connectivity index (χ2v) is 10.2. The molecular weight excluding hydrogens is 426 g/mol. The third kappa shape index (κ3) is 5.33. The highest BCUT2D eigenvalue weighted by atomic mass is 32.1. The zero-order valence-electron chi connectivity index (χ0n) is 19.1. The lowest BCUT2D eigenvalue weighted by Crippen LogP contribution is -2.42. The lowest BCUT2D eigenvalue weighted by molar-refractivity contribution is -0.149. The first kappa shape index (κ1) is 23.2. The molecule has 7 nitrogen and oxygen atoms in total. The van der Waals surface area contributed by atoms with Crippen LogP contribution in [0.15, 0.2) is 5.38 Å². The summed E-state index contributed by atoms with van der Waals surface area (Å²) in [5.74, 6) is 0.614. The standard InChI is InChI=1S/C24H35N3O4S/c1-2-31-24(30)19-10-14-27(15-11-19)23(29)20-16-32-21(25-20)17-8-12-26(13-9-17)22(28)18-6-4-3-5-7-18/h16-19H,2-15H2,1H3. The Bertz CT molecular complexity index is 804. The number of carbonyl (C=O) groups is 3. The fraction of sp³-hybridized carbons (Fsp3) is 0.750. The van der Waals surface area contributed by atoms with E-state index in [1.165, 1.54) is 19.3 Å². The molecule has 1 aliphatic carbocycles. The number of thiazole rings is 1. The van der Waals surface area contributed by atoms with E-state index in [2.05, 4.69) is 9.88 Å². The molecule has 0 aromatic carbocycles. The van der Waals surface area contributed by atoms with Gasteiger partial charge in [0.15, 0.2) is 0 Å². The van der Waals surface area contributed by atoms with Crippen LogP contribution in [0.5, 0.6) is 0 Å². The van der Waals surface area contributed by atoms with E-state index in [-0.39, 0.29) is 23.7 Å². The molecule has 32 heavy (non-hydrogen) atoms. The van der Waals surface area contributed by atoms with Crippen LogP contribution in [-0.4, -0.2) is 65.4 Å². The van der Waals surface area contributed by atoms with Crippen molar-refractivity contribution in [1.29, 1.82) is 0 Å². The average molecular weight is 462 g/mol. The number of esters is 1. The molecule has 176 valence electrons. The summed E-state index contributed by atoms with van der Waals surface area (Å²) < 4.78 is 5.11. The molecule has 2 aliphatic heterocycles. The van der Waals surface area contributed by atoms with Crippen LogP contribution in [0.25, 0.3) is 0 Å². The Morgan fingerprint density at radius 1 is 0.938 bits per heavy atom. The molecular formula is C24H35N3O4S. The summed E-state index contributed by atoms with van der Waals surface area (Å²) >= 11 is 1.56. The van der Waals surface area contributed by atoms with E-state index in [1.54, 1.807) is 16.2 Å². The third-order valence-corrected chi connectivity index (χ3v) is 8.26. The van der Waals surface area contributed by atoms with E-state index in [4.69, 9.17) is 4.74 Å². The summed E-state index contributed by atoms with van der Waals surface area (Å²) in [4.78, 5) is 46.2. The molecule has 3 heterocycles. The SMILES string of the molecule is CCOC(=O)C1CCN(C(=O)c2csc(C3CCN(C(=O)C4CCCCC4)CC3)n2)CC1. The van der Waals surface area contributed by atoms with Crippen molar-refractivity contribution in [3.05, 3.63) is 16.1 Å². The highest BCUT2D eigenvalue weighted by molar-refractivity contribution is 7.09. The largest absolute Gasteiger partial charge is 0.466 e. The molecule has 0 bridgehead atoms. The molecule has 0 spiro atoms. The number of aromatic nitrogens is 1. The number of likely N-dealkylation sites (tertiary alicyclic amines) is 2. The lowest BCUT2D eigenvalue weighted by atomic mass is 9.87. The molecule has 1 aromatic rings. The van der Waals surface area contributed by atoms with Gasteiger partial charge in [0.05, 0.1) is 17.5 Å². The number of rotatable bonds is 5. The van der Waals surface area contributed by atoms with Crippen LogP contribution in [0.2, 0.25) is 0 Å². The average Bonchev–Trinajstić information content (AvgIpc) is 3.34. The van der Waals surface area contributed by atoms with Gasteiger partial charge in [-0.15, -0.1) is 11.3 Å². The van der Waals surface area contributed by atoms with Gasteiger partial charge in [0.25, 0.3) is 5.91 Å². The summed E-state index contributed by atoms with van der Waals surface area (Å²) in [6, 6.07) is 0. The van der Waals surface area contributed by atoms with Gasteiger partial charge < -0.3 is 14.5 Å². The Morgan fingerprint density at radius 2 is 1.59 bits per heavy atom. The van der Waals surface area contributed by atoms with Crippen molar-refractivity contribution in [2.45, 2.75) is 70.6 Å². The van der Waals surface area contributed by atoms with Crippen LogP contribution < -0.4 is 0 Å². The number of amides is 2. The Balaban J connectivity index is 1.26. The fourth-order valence-electron chi connectivity index (χ4n) is 5.27. The molecule has 8 heteroatoms. The van der Waals surface area contributed by atoms with Gasteiger partial charge in [-0.3, -0.25) is 14.4 Å². The number of piperidine rings is 2. The zero-order chi connectivity index (χ0) is 22.5. The van der Waals surface area contributed by atoms with E-state index in [0.29, 0.717) is 50.1 Å². The van der Waals surface area contributed by atoms with Gasteiger partial charge in [0, 0.05) is 43.4 Å². The van der Waals surface area contributed by atoms with Gasteiger partial charge in [0.1, 0.15) is 5.69 Å². The molecule has 0 atom stereocenters. The van der Waals surface area contributed by atoms with Crippen molar-refractivity contribution in [2.75, 3.05) is 32.8 Å². The number of ether oxygens (including phenoxy) is 1. The maximum atomic E-state index is 12.9. The quantitative estimate of drug-likeness (QED) is 0.623. The van der Waals surface area contributed by atoms with E-state index < -0.39 is 0 Å². The molecule has 2 amide bonds. The maximum Gasteiger partial charge on any atom is 0.309 e. The second-order valence-electron chi connectivity index (χ2n) is 9.32. The lowest BCUT2D eigenvalue weighted by Gasteiger charge is -2.34. The summed E-state index contributed by atoms with van der Waals surface area (Å²) in [6.45, 7) is 4.93. The third-order valence-electron chi connectivity index (χ3n) is 7.25. The van der Waals surface area contributed by atoms with Gasteiger partial charge in [-0.05, 0) is 45.4 Å².